The maximum Gasteiger partial charge on any atom is 0.407 e. The monoisotopic (exact) mass is 181 g/mol. The Labute approximate surface area is 77.0 Å². The van der Waals surface area contributed by atoms with E-state index in [4.69, 9.17) is 0 Å². The summed E-state index contributed by atoms with van der Waals surface area (Å²) in [5.74, 6) is 4.75. The first-order valence-corrected chi connectivity index (χ1v) is 3.64. The Balaban J connectivity index is 4.15. The summed E-state index contributed by atoms with van der Waals surface area (Å²) in [6.07, 6.45) is 1.96. The number of methoxy groups -OCH3 is 1. The SMILES string of the molecule is C=CCC(C#CC=O)NC(=O)OC. The van der Waals surface area contributed by atoms with E-state index in [-0.39, 0.29) is 0 Å². The van der Waals surface area contributed by atoms with E-state index < -0.39 is 12.1 Å². The van der Waals surface area contributed by atoms with Crippen molar-refractivity contribution in [3.05, 3.63) is 12.7 Å². The molecule has 0 aliphatic rings. The number of nitrogens with one attached hydrogen (secondary N) is 1. The third-order valence-electron chi connectivity index (χ3n) is 1.20. The predicted molar refractivity (Wildman–Crippen MR) is 48.0 cm³/mol. The van der Waals surface area contributed by atoms with Crippen molar-refractivity contribution in [2.24, 2.45) is 0 Å². The molecular formula is C9H11NO3. The number of carbonyl (C=O) groups is 2. The highest BCUT2D eigenvalue weighted by molar-refractivity contribution is 5.73. The standard InChI is InChI=1S/C9H11NO3/c1-3-5-8(6-4-7-11)10-9(12)13-2/h3,7-8H,1,5H2,2H3,(H,10,12). The highest BCUT2D eigenvalue weighted by Gasteiger charge is 2.06. The zero-order valence-electron chi connectivity index (χ0n) is 7.37. The van der Waals surface area contributed by atoms with Crippen LogP contribution in [0.5, 0.6) is 0 Å². The molecule has 0 spiro atoms. The third-order valence-corrected chi connectivity index (χ3v) is 1.20. The van der Waals surface area contributed by atoms with Crippen LogP contribution in [-0.2, 0) is 9.53 Å². The molecule has 0 saturated carbocycles. The maximum atomic E-state index is 10.7. The highest BCUT2D eigenvalue weighted by atomic mass is 16.5. The average Bonchev–Trinajstić information content (AvgIpc) is 2.14. The van der Waals surface area contributed by atoms with E-state index in [1.165, 1.54) is 7.11 Å². The molecule has 1 N–H and O–H groups in total. The number of amides is 1. The number of hydrogen-bond acceptors (Lipinski definition) is 3. The van der Waals surface area contributed by atoms with E-state index in [0.29, 0.717) is 12.7 Å². The quantitative estimate of drug-likeness (QED) is 0.391. The lowest BCUT2D eigenvalue weighted by atomic mass is 10.2. The van der Waals surface area contributed by atoms with E-state index in [2.05, 4.69) is 28.5 Å². The summed E-state index contributed by atoms with van der Waals surface area (Å²) in [6.45, 7) is 3.49. The van der Waals surface area contributed by atoms with Gasteiger partial charge in [-0.15, -0.1) is 6.58 Å². The van der Waals surface area contributed by atoms with Gasteiger partial charge >= 0.3 is 6.09 Å². The van der Waals surface area contributed by atoms with Gasteiger partial charge in [0.1, 0.15) is 0 Å². The van der Waals surface area contributed by atoms with Crippen LogP contribution in [0, 0.1) is 11.8 Å². The molecule has 1 amide bonds. The molecule has 70 valence electrons. The first kappa shape index (κ1) is 11.2. The minimum Gasteiger partial charge on any atom is -0.453 e. The molecule has 4 heteroatoms. The summed E-state index contributed by atoms with van der Waals surface area (Å²) in [5.41, 5.74) is 0. The van der Waals surface area contributed by atoms with Crippen molar-refractivity contribution in [1.82, 2.24) is 5.32 Å². The van der Waals surface area contributed by atoms with E-state index in [1.54, 1.807) is 6.08 Å². The molecule has 1 unspecified atom stereocenters. The lowest BCUT2D eigenvalue weighted by molar-refractivity contribution is -0.103. The summed E-state index contributed by atoms with van der Waals surface area (Å²) < 4.78 is 4.37. The van der Waals surface area contributed by atoms with Crippen molar-refractivity contribution in [3.8, 4) is 11.8 Å². The van der Waals surface area contributed by atoms with Gasteiger partial charge in [0.25, 0.3) is 0 Å². The normalized spacial score (nSPS) is 10.2. The maximum absolute atomic E-state index is 10.7. The Kier molecular flexibility index (Phi) is 5.98. The van der Waals surface area contributed by atoms with Gasteiger partial charge in [-0.25, -0.2) is 4.79 Å². The van der Waals surface area contributed by atoms with Crippen molar-refractivity contribution in [2.45, 2.75) is 12.5 Å². The van der Waals surface area contributed by atoms with Crippen LogP contribution in [0.4, 0.5) is 4.79 Å². The largest absolute Gasteiger partial charge is 0.453 e. The minimum atomic E-state index is -0.577. The van der Waals surface area contributed by atoms with Crippen molar-refractivity contribution in [2.75, 3.05) is 7.11 Å². The topological polar surface area (TPSA) is 55.4 Å². The Morgan fingerprint density at radius 2 is 2.46 bits per heavy atom. The van der Waals surface area contributed by atoms with Crippen LogP contribution in [0.2, 0.25) is 0 Å². The molecule has 0 radical (unpaired) electrons. The second-order valence-electron chi connectivity index (χ2n) is 2.12. The van der Waals surface area contributed by atoms with Crippen molar-refractivity contribution in [1.29, 1.82) is 0 Å². The molecule has 0 rings (SSSR count). The zero-order chi connectivity index (χ0) is 10.1. The molecular weight excluding hydrogens is 170 g/mol. The molecule has 1 atom stereocenters. The molecule has 4 nitrogen and oxygen atoms in total. The Hall–Kier alpha value is -1.76. The van der Waals surface area contributed by atoms with Gasteiger partial charge in [-0.1, -0.05) is 12.0 Å². The second-order valence-corrected chi connectivity index (χ2v) is 2.12. The number of carbonyl (C=O) groups excluding carboxylic acids is 2. The average molecular weight is 181 g/mol. The molecule has 0 heterocycles. The van der Waals surface area contributed by atoms with Gasteiger partial charge in [-0.3, -0.25) is 4.79 Å². The fourth-order valence-corrected chi connectivity index (χ4v) is 0.656. The van der Waals surface area contributed by atoms with Crippen LogP contribution < -0.4 is 5.32 Å². The van der Waals surface area contributed by atoms with Gasteiger partial charge in [-0.2, -0.15) is 0 Å². The van der Waals surface area contributed by atoms with Gasteiger partial charge in [0.05, 0.1) is 13.2 Å². The van der Waals surface area contributed by atoms with Crippen LogP contribution in [0.15, 0.2) is 12.7 Å². The molecule has 0 bridgehead atoms. The smallest absolute Gasteiger partial charge is 0.407 e. The molecule has 0 aromatic carbocycles. The lowest BCUT2D eigenvalue weighted by Gasteiger charge is -2.08. The zero-order valence-corrected chi connectivity index (χ0v) is 7.37. The first-order valence-electron chi connectivity index (χ1n) is 3.64. The second kappa shape index (κ2) is 6.92. The number of rotatable bonds is 3. The number of ether oxygens (including phenoxy) is 1. The van der Waals surface area contributed by atoms with Gasteiger partial charge in [-0.05, 0) is 12.3 Å². The molecule has 0 aromatic heterocycles. The van der Waals surface area contributed by atoms with Gasteiger partial charge in [0.2, 0.25) is 0 Å². The summed E-state index contributed by atoms with van der Waals surface area (Å²) in [4.78, 5) is 20.7. The van der Waals surface area contributed by atoms with Crippen LogP contribution in [0.1, 0.15) is 6.42 Å². The number of alkyl carbamates (subject to hydrolysis) is 1. The lowest BCUT2D eigenvalue weighted by Crippen LogP contribution is -2.33. The highest BCUT2D eigenvalue weighted by Crippen LogP contribution is 1.91. The fraction of sp³-hybridized carbons (Fsp3) is 0.333. The number of aldehydes is 1. The molecule has 0 saturated heterocycles. The van der Waals surface area contributed by atoms with Crippen LogP contribution in [0.3, 0.4) is 0 Å². The predicted octanol–water partition coefficient (Wildman–Crippen LogP) is 0.489. The number of hydrogen-bond donors (Lipinski definition) is 1. The summed E-state index contributed by atoms with van der Waals surface area (Å²) >= 11 is 0. The van der Waals surface area contributed by atoms with Crippen molar-refractivity contribution in [3.63, 3.8) is 0 Å². The van der Waals surface area contributed by atoms with Crippen molar-refractivity contribution < 1.29 is 14.3 Å². The Bertz CT molecular complexity index is 249. The fourth-order valence-electron chi connectivity index (χ4n) is 0.656. The van der Waals surface area contributed by atoms with Gasteiger partial charge < -0.3 is 10.1 Å². The van der Waals surface area contributed by atoms with E-state index >= 15 is 0 Å². The van der Waals surface area contributed by atoms with E-state index in [9.17, 15) is 9.59 Å². The molecule has 13 heavy (non-hydrogen) atoms. The third kappa shape index (κ3) is 5.50. The van der Waals surface area contributed by atoms with Crippen LogP contribution in [0.25, 0.3) is 0 Å². The van der Waals surface area contributed by atoms with E-state index in [1.807, 2.05) is 0 Å². The Morgan fingerprint density at radius 1 is 1.77 bits per heavy atom. The first-order chi connectivity index (χ1) is 6.24. The molecule has 0 aromatic rings. The summed E-state index contributed by atoms with van der Waals surface area (Å²) in [7, 11) is 1.26. The molecule has 0 aliphatic carbocycles. The van der Waals surface area contributed by atoms with Crippen molar-refractivity contribution >= 4 is 12.4 Å². The minimum absolute atomic E-state index is 0.421. The van der Waals surface area contributed by atoms with Crippen LogP contribution in [-0.4, -0.2) is 25.5 Å². The van der Waals surface area contributed by atoms with Gasteiger partial charge in [0.15, 0.2) is 6.29 Å². The molecule has 0 aliphatic heterocycles. The summed E-state index contributed by atoms with van der Waals surface area (Å²) in [5, 5.41) is 2.44. The van der Waals surface area contributed by atoms with E-state index in [0.717, 1.165) is 0 Å². The van der Waals surface area contributed by atoms with Crippen LogP contribution >= 0.6 is 0 Å². The van der Waals surface area contributed by atoms with Gasteiger partial charge in [0, 0.05) is 0 Å². The summed E-state index contributed by atoms with van der Waals surface area (Å²) in [6, 6.07) is -0.421. The molecule has 0 fully saturated rings. The Morgan fingerprint density at radius 3 is 2.92 bits per heavy atom.